The predicted octanol–water partition coefficient (Wildman–Crippen LogP) is 3.24. The van der Waals surface area contributed by atoms with Gasteiger partial charge in [0, 0.05) is 24.8 Å². The van der Waals surface area contributed by atoms with Gasteiger partial charge in [-0.05, 0) is 12.1 Å². The highest BCUT2D eigenvalue weighted by molar-refractivity contribution is 6.31. The molecule has 0 radical (unpaired) electrons. The van der Waals surface area contributed by atoms with Crippen molar-refractivity contribution in [3.63, 3.8) is 0 Å². The van der Waals surface area contributed by atoms with Crippen LogP contribution in [0.25, 0.3) is 16.9 Å². The van der Waals surface area contributed by atoms with Gasteiger partial charge in [0.2, 0.25) is 0 Å². The van der Waals surface area contributed by atoms with E-state index in [0.29, 0.717) is 16.1 Å². The van der Waals surface area contributed by atoms with E-state index in [0.717, 1.165) is 4.68 Å². The number of halogens is 4. The Morgan fingerprint density at radius 3 is 2.73 bits per heavy atom. The minimum Gasteiger partial charge on any atom is -0.298 e. The van der Waals surface area contributed by atoms with Crippen molar-refractivity contribution in [1.82, 2.24) is 19.3 Å². The highest BCUT2D eigenvalue weighted by atomic mass is 35.5. The molecule has 22 heavy (non-hydrogen) atoms. The molecule has 3 rings (SSSR count). The molecule has 0 spiro atoms. The molecule has 114 valence electrons. The van der Waals surface area contributed by atoms with Gasteiger partial charge in [-0.2, -0.15) is 18.3 Å². The monoisotopic (exact) mass is 328 g/mol. The van der Waals surface area contributed by atoms with Crippen LogP contribution in [-0.4, -0.2) is 25.6 Å². The average molecular weight is 329 g/mol. The second-order valence-corrected chi connectivity index (χ2v) is 5.01. The number of rotatable bonds is 2. The Balaban J connectivity index is 2.31. The molecule has 3 heterocycles. The summed E-state index contributed by atoms with van der Waals surface area (Å²) < 4.78 is 41.3. The van der Waals surface area contributed by atoms with Crippen LogP contribution in [0, 0.1) is 0 Å². The van der Waals surface area contributed by atoms with Gasteiger partial charge in [-0.3, -0.25) is 14.0 Å². The molecule has 0 aliphatic heterocycles. The molecule has 0 unspecified atom stereocenters. The summed E-state index contributed by atoms with van der Waals surface area (Å²) >= 11 is 5.83. The summed E-state index contributed by atoms with van der Waals surface area (Å²) in [5.41, 5.74) is -1.38. The fourth-order valence-electron chi connectivity index (χ4n) is 2.30. The minimum absolute atomic E-state index is 0.00727. The lowest BCUT2D eigenvalue weighted by molar-refractivity contribution is -0.141. The molecule has 0 aliphatic rings. The summed E-state index contributed by atoms with van der Waals surface area (Å²) in [5, 5.41) is 4.46. The van der Waals surface area contributed by atoms with Crippen molar-refractivity contribution >= 4 is 28.9 Å². The number of carbonyl (C=O) groups is 1. The SMILES string of the molecule is Cn1nc(C(F)(F)F)c(C=O)c1-n1ccc2cc(Cl)cnc21. The van der Waals surface area contributed by atoms with Gasteiger partial charge in [0.15, 0.2) is 12.0 Å². The lowest BCUT2D eigenvalue weighted by Crippen LogP contribution is -2.09. The molecule has 0 saturated carbocycles. The maximum atomic E-state index is 13.0. The lowest BCUT2D eigenvalue weighted by Gasteiger charge is -2.06. The first-order valence-corrected chi connectivity index (χ1v) is 6.43. The summed E-state index contributed by atoms with van der Waals surface area (Å²) in [4.78, 5) is 15.3. The minimum atomic E-state index is -4.72. The lowest BCUT2D eigenvalue weighted by atomic mass is 10.2. The first-order valence-electron chi connectivity index (χ1n) is 6.05. The van der Waals surface area contributed by atoms with Crippen molar-refractivity contribution in [2.24, 2.45) is 7.05 Å². The first kappa shape index (κ1) is 14.6. The molecular formula is C13H8ClF3N4O. The molecule has 9 heteroatoms. The topological polar surface area (TPSA) is 52.7 Å². The van der Waals surface area contributed by atoms with Crippen LogP contribution in [0.3, 0.4) is 0 Å². The van der Waals surface area contributed by atoms with E-state index in [1.165, 1.54) is 24.0 Å². The number of aldehydes is 1. The second-order valence-electron chi connectivity index (χ2n) is 4.58. The Kier molecular flexibility index (Phi) is 3.21. The van der Waals surface area contributed by atoms with Gasteiger partial charge in [-0.15, -0.1) is 0 Å². The second kappa shape index (κ2) is 4.84. The van der Waals surface area contributed by atoms with Crippen molar-refractivity contribution in [3.8, 4) is 5.82 Å². The molecule has 0 aliphatic carbocycles. The van der Waals surface area contributed by atoms with Gasteiger partial charge in [0.1, 0.15) is 11.5 Å². The Morgan fingerprint density at radius 1 is 1.36 bits per heavy atom. The van der Waals surface area contributed by atoms with Gasteiger partial charge in [-0.1, -0.05) is 11.6 Å². The highest BCUT2D eigenvalue weighted by Crippen LogP contribution is 2.33. The summed E-state index contributed by atoms with van der Waals surface area (Å²) in [6.45, 7) is 0. The maximum Gasteiger partial charge on any atom is 0.435 e. The quantitative estimate of drug-likeness (QED) is 0.679. The number of aromatic nitrogens is 4. The molecule has 5 nitrogen and oxygen atoms in total. The Morgan fingerprint density at radius 2 is 2.09 bits per heavy atom. The highest BCUT2D eigenvalue weighted by Gasteiger charge is 2.39. The van der Waals surface area contributed by atoms with Crippen molar-refractivity contribution in [1.29, 1.82) is 0 Å². The van der Waals surface area contributed by atoms with Crippen molar-refractivity contribution in [2.75, 3.05) is 0 Å². The van der Waals surface area contributed by atoms with Crippen LogP contribution in [0.15, 0.2) is 24.5 Å². The third-order valence-electron chi connectivity index (χ3n) is 3.16. The normalized spacial score (nSPS) is 12.0. The smallest absolute Gasteiger partial charge is 0.298 e. The standard InChI is InChI=1S/C13H8ClF3N4O/c1-20-12(9(6-22)10(19-20)13(15,16)17)21-3-2-7-4-8(14)5-18-11(7)21/h2-6H,1H3. The largest absolute Gasteiger partial charge is 0.435 e. The van der Waals surface area contributed by atoms with Crippen molar-refractivity contribution in [2.45, 2.75) is 6.18 Å². The molecule has 3 aromatic rings. The summed E-state index contributed by atoms with van der Waals surface area (Å²) in [6, 6.07) is 3.27. The fraction of sp³-hybridized carbons (Fsp3) is 0.154. The zero-order valence-electron chi connectivity index (χ0n) is 11.1. The van der Waals surface area contributed by atoms with Crippen LogP contribution in [0.5, 0.6) is 0 Å². The fourth-order valence-corrected chi connectivity index (χ4v) is 2.47. The van der Waals surface area contributed by atoms with E-state index in [9.17, 15) is 18.0 Å². The Labute approximate surface area is 126 Å². The Hall–Kier alpha value is -2.35. The van der Waals surface area contributed by atoms with E-state index in [2.05, 4.69) is 10.1 Å². The molecule has 0 saturated heterocycles. The van der Waals surface area contributed by atoms with Crippen LogP contribution in [0.1, 0.15) is 16.1 Å². The molecule has 0 bridgehead atoms. The van der Waals surface area contributed by atoms with Gasteiger partial charge < -0.3 is 0 Å². The molecular weight excluding hydrogens is 321 g/mol. The van der Waals surface area contributed by atoms with E-state index in [1.807, 2.05) is 0 Å². The third kappa shape index (κ3) is 2.16. The van der Waals surface area contributed by atoms with Crippen LogP contribution in [0.2, 0.25) is 5.02 Å². The molecule has 3 aromatic heterocycles. The number of carbonyl (C=O) groups excluding carboxylic acids is 1. The van der Waals surface area contributed by atoms with E-state index in [4.69, 9.17) is 11.6 Å². The average Bonchev–Trinajstić information content (AvgIpc) is 2.98. The number of hydrogen-bond donors (Lipinski definition) is 0. The molecule has 0 atom stereocenters. The van der Waals surface area contributed by atoms with Crippen molar-refractivity contribution < 1.29 is 18.0 Å². The van der Waals surface area contributed by atoms with Gasteiger partial charge in [0.05, 0.1) is 10.6 Å². The number of fused-ring (bicyclic) bond motifs is 1. The van der Waals surface area contributed by atoms with Crippen molar-refractivity contribution in [3.05, 3.63) is 40.8 Å². The third-order valence-corrected chi connectivity index (χ3v) is 3.37. The summed E-state index contributed by atoms with van der Waals surface area (Å²) in [6.07, 6.45) is -1.68. The molecule has 0 aromatic carbocycles. The maximum absolute atomic E-state index is 13.0. The van der Waals surface area contributed by atoms with Gasteiger partial charge in [-0.25, -0.2) is 4.98 Å². The number of aryl methyl sites for hydroxylation is 1. The number of pyridine rings is 1. The predicted molar refractivity (Wildman–Crippen MR) is 73.2 cm³/mol. The number of alkyl halides is 3. The molecule has 0 N–H and O–H groups in total. The summed E-state index contributed by atoms with van der Waals surface area (Å²) in [7, 11) is 1.33. The van der Waals surface area contributed by atoms with Crippen LogP contribution >= 0.6 is 11.6 Å². The van der Waals surface area contributed by atoms with Crippen LogP contribution < -0.4 is 0 Å². The van der Waals surface area contributed by atoms with Crippen LogP contribution in [0.4, 0.5) is 13.2 Å². The van der Waals surface area contributed by atoms with E-state index in [-0.39, 0.29) is 12.1 Å². The molecule has 0 amide bonds. The van der Waals surface area contributed by atoms with E-state index >= 15 is 0 Å². The number of hydrogen-bond acceptors (Lipinski definition) is 3. The molecule has 0 fully saturated rings. The zero-order valence-corrected chi connectivity index (χ0v) is 11.9. The van der Waals surface area contributed by atoms with Gasteiger partial charge >= 0.3 is 6.18 Å². The van der Waals surface area contributed by atoms with Crippen LogP contribution in [-0.2, 0) is 13.2 Å². The van der Waals surface area contributed by atoms with E-state index in [1.54, 1.807) is 12.1 Å². The van der Waals surface area contributed by atoms with E-state index < -0.39 is 17.4 Å². The Bertz CT molecular complexity index is 881. The zero-order chi connectivity index (χ0) is 16.1. The first-order chi connectivity index (χ1) is 10.3. The summed E-state index contributed by atoms with van der Waals surface area (Å²) in [5.74, 6) is -0.00727. The van der Waals surface area contributed by atoms with Gasteiger partial charge in [0.25, 0.3) is 0 Å². The number of nitrogens with zero attached hydrogens (tertiary/aromatic N) is 4.